The highest BCUT2D eigenvalue weighted by atomic mass is 16.6. The third kappa shape index (κ3) is 1.49. The second-order valence-corrected chi connectivity index (χ2v) is 6.60. The van der Waals surface area contributed by atoms with E-state index in [4.69, 9.17) is 4.74 Å². The first kappa shape index (κ1) is 9.68. The SMILES string of the molecule is CC(C)(C)OC(=O)C1CC2CC1C1CC21. The quantitative estimate of drug-likeness (QED) is 0.619. The third-order valence-electron chi connectivity index (χ3n) is 4.40. The molecule has 0 radical (unpaired) electrons. The van der Waals surface area contributed by atoms with Gasteiger partial charge in [0.1, 0.15) is 5.60 Å². The lowest BCUT2D eigenvalue weighted by Crippen LogP contribution is -2.31. The number of carbonyl (C=O) groups is 1. The van der Waals surface area contributed by atoms with Crippen LogP contribution < -0.4 is 0 Å². The highest BCUT2D eigenvalue weighted by Crippen LogP contribution is 2.67. The van der Waals surface area contributed by atoms with Gasteiger partial charge >= 0.3 is 5.97 Å². The number of rotatable bonds is 1. The summed E-state index contributed by atoms with van der Waals surface area (Å²) in [6, 6.07) is 0. The Balaban J connectivity index is 1.67. The van der Waals surface area contributed by atoms with Crippen molar-refractivity contribution in [2.75, 3.05) is 0 Å². The van der Waals surface area contributed by atoms with Gasteiger partial charge in [0.05, 0.1) is 5.92 Å². The standard InChI is InChI=1S/C13H20O2/c1-13(2,3)15-12(14)11-5-7-4-9(11)10-6-8(7)10/h7-11H,4-6H2,1-3H3. The highest BCUT2D eigenvalue weighted by molar-refractivity contribution is 5.74. The normalized spacial score (nSPS) is 46.5. The number of fused-ring (bicyclic) bond motifs is 5. The molecule has 2 heteroatoms. The van der Waals surface area contributed by atoms with E-state index in [1.165, 1.54) is 12.8 Å². The molecule has 3 saturated carbocycles. The maximum absolute atomic E-state index is 12.0. The Morgan fingerprint density at radius 1 is 1.07 bits per heavy atom. The van der Waals surface area contributed by atoms with Gasteiger partial charge in [-0.2, -0.15) is 0 Å². The van der Waals surface area contributed by atoms with Gasteiger partial charge in [0.15, 0.2) is 0 Å². The topological polar surface area (TPSA) is 26.3 Å². The van der Waals surface area contributed by atoms with Crippen molar-refractivity contribution in [3.63, 3.8) is 0 Å². The maximum atomic E-state index is 12.0. The van der Waals surface area contributed by atoms with Gasteiger partial charge < -0.3 is 4.74 Å². The van der Waals surface area contributed by atoms with Crippen molar-refractivity contribution in [3.05, 3.63) is 0 Å². The molecular formula is C13H20O2. The van der Waals surface area contributed by atoms with Crippen molar-refractivity contribution in [1.82, 2.24) is 0 Å². The minimum Gasteiger partial charge on any atom is -0.460 e. The molecule has 0 saturated heterocycles. The summed E-state index contributed by atoms with van der Waals surface area (Å²) in [6.07, 6.45) is 3.81. The van der Waals surface area contributed by atoms with Crippen molar-refractivity contribution in [2.24, 2.45) is 29.6 Å². The van der Waals surface area contributed by atoms with Crippen molar-refractivity contribution in [1.29, 1.82) is 0 Å². The van der Waals surface area contributed by atoms with E-state index in [-0.39, 0.29) is 17.5 Å². The molecule has 3 aliphatic carbocycles. The van der Waals surface area contributed by atoms with Crippen molar-refractivity contribution in [3.8, 4) is 0 Å². The first-order chi connectivity index (χ1) is 6.96. The number of hydrogen-bond donors (Lipinski definition) is 0. The zero-order valence-corrected chi connectivity index (χ0v) is 9.82. The van der Waals surface area contributed by atoms with Crippen LogP contribution in [0.2, 0.25) is 0 Å². The second-order valence-electron chi connectivity index (χ2n) is 6.60. The molecule has 0 N–H and O–H groups in total. The number of ether oxygens (including phenoxy) is 1. The third-order valence-corrected chi connectivity index (χ3v) is 4.40. The van der Waals surface area contributed by atoms with Crippen molar-refractivity contribution < 1.29 is 9.53 Å². The van der Waals surface area contributed by atoms with Crippen molar-refractivity contribution in [2.45, 2.75) is 45.6 Å². The van der Waals surface area contributed by atoms with Crippen LogP contribution in [0.25, 0.3) is 0 Å². The second kappa shape index (κ2) is 2.78. The van der Waals surface area contributed by atoms with Gasteiger partial charge in [-0.05, 0) is 63.7 Å². The molecule has 5 atom stereocenters. The molecule has 84 valence electrons. The van der Waals surface area contributed by atoms with E-state index in [1.807, 2.05) is 20.8 Å². The zero-order valence-electron chi connectivity index (χ0n) is 9.82. The first-order valence-electron chi connectivity index (χ1n) is 6.18. The van der Waals surface area contributed by atoms with E-state index in [1.54, 1.807) is 0 Å². The van der Waals surface area contributed by atoms with E-state index in [9.17, 15) is 4.79 Å². The Kier molecular flexibility index (Phi) is 1.79. The molecule has 0 aromatic carbocycles. The van der Waals surface area contributed by atoms with Gasteiger partial charge in [-0.1, -0.05) is 0 Å². The molecule has 3 rings (SSSR count). The predicted molar refractivity (Wildman–Crippen MR) is 57.1 cm³/mol. The van der Waals surface area contributed by atoms with Crippen LogP contribution >= 0.6 is 0 Å². The summed E-state index contributed by atoms with van der Waals surface area (Å²) in [5.41, 5.74) is -0.318. The van der Waals surface area contributed by atoms with Crippen LogP contribution in [-0.4, -0.2) is 11.6 Å². The summed E-state index contributed by atoms with van der Waals surface area (Å²) < 4.78 is 5.50. The molecular weight excluding hydrogens is 188 g/mol. The van der Waals surface area contributed by atoms with E-state index in [2.05, 4.69) is 0 Å². The van der Waals surface area contributed by atoms with Crippen LogP contribution in [0.3, 0.4) is 0 Å². The Labute approximate surface area is 91.4 Å². The molecule has 2 bridgehead atoms. The predicted octanol–water partition coefficient (Wildman–Crippen LogP) is 2.62. The average Bonchev–Trinajstić information content (AvgIpc) is 2.69. The minimum atomic E-state index is -0.318. The van der Waals surface area contributed by atoms with Crippen LogP contribution in [0.1, 0.15) is 40.0 Å². The molecule has 0 heterocycles. The summed E-state index contributed by atoms with van der Waals surface area (Å²) in [4.78, 5) is 12.0. The van der Waals surface area contributed by atoms with Gasteiger partial charge in [-0.3, -0.25) is 4.79 Å². The molecule has 0 aromatic rings. The van der Waals surface area contributed by atoms with Gasteiger partial charge in [0, 0.05) is 0 Å². The lowest BCUT2D eigenvalue weighted by atomic mass is 9.88. The fraction of sp³-hybridized carbons (Fsp3) is 0.923. The average molecular weight is 208 g/mol. The lowest BCUT2D eigenvalue weighted by molar-refractivity contribution is -0.162. The Bertz CT molecular complexity index is 302. The smallest absolute Gasteiger partial charge is 0.309 e. The monoisotopic (exact) mass is 208 g/mol. The molecule has 2 nitrogen and oxygen atoms in total. The summed E-state index contributed by atoms with van der Waals surface area (Å²) >= 11 is 0. The zero-order chi connectivity index (χ0) is 10.8. The van der Waals surface area contributed by atoms with Gasteiger partial charge in [-0.15, -0.1) is 0 Å². The molecule has 0 aliphatic heterocycles. The largest absolute Gasteiger partial charge is 0.460 e. The van der Waals surface area contributed by atoms with Crippen LogP contribution in [0.5, 0.6) is 0 Å². The van der Waals surface area contributed by atoms with E-state index < -0.39 is 0 Å². The van der Waals surface area contributed by atoms with Crippen LogP contribution in [0.4, 0.5) is 0 Å². The Hall–Kier alpha value is -0.530. The van der Waals surface area contributed by atoms with Gasteiger partial charge in [-0.25, -0.2) is 0 Å². The van der Waals surface area contributed by atoms with Crippen LogP contribution in [-0.2, 0) is 9.53 Å². The molecule has 0 aromatic heterocycles. The summed E-state index contributed by atoms with van der Waals surface area (Å²) in [5, 5.41) is 0. The van der Waals surface area contributed by atoms with E-state index >= 15 is 0 Å². The molecule has 0 spiro atoms. The minimum absolute atomic E-state index is 0.0698. The number of hydrogen-bond acceptors (Lipinski definition) is 2. The Morgan fingerprint density at radius 2 is 1.80 bits per heavy atom. The lowest BCUT2D eigenvalue weighted by Gasteiger charge is -2.26. The van der Waals surface area contributed by atoms with Gasteiger partial charge in [0.2, 0.25) is 0 Å². The van der Waals surface area contributed by atoms with E-state index in [0.29, 0.717) is 5.92 Å². The summed E-state index contributed by atoms with van der Waals surface area (Å²) in [6.45, 7) is 5.87. The fourth-order valence-electron chi connectivity index (χ4n) is 3.85. The van der Waals surface area contributed by atoms with E-state index in [0.717, 1.165) is 24.2 Å². The molecule has 3 aliphatic rings. The van der Waals surface area contributed by atoms with Crippen molar-refractivity contribution >= 4 is 5.97 Å². The highest BCUT2D eigenvalue weighted by Gasteiger charge is 2.62. The van der Waals surface area contributed by atoms with Crippen LogP contribution in [0, 0.1) is 29.6 Å². The number of carbonyl (C=O) groups excluding carboxylic acids is 1. The molecule has 3 fully saturated rings. The fourth-order valence-corrected chi connectivity index (χ4v) is 3.85. The maximum Gasteiger partial charge on any atom is 0.309 e. The van der Waals surface area contributed by atoms with Crippen LogP contribution in [0.15, 0.2) is 0 Å². The molecule has 0 amide bonds. The van der Waals surface area contributed by atoms with Gasteiger partial charge in [0.25, 0.3) is 0 Å². The summed E-state index contributed by atoms with van der Waals surface area (Å²) in [7, 11) is 0. The molecule has 5 unspecified atom stereocenters. The molecule has 15 heavy (non-hydrogen) atoms. The first-order valence-corrected chi connectivity index (χ1v) is 6.18. The number of esters is 1. The Morgan fingerprint density at radius 3 is 2.33 bits per heavy atom. The summed E-state index contributed by atoms with van der Waals surface area (Å²) in [5.74, 6) is 3.72.